The van der Waals surface area contributed by atoms with E-state index in [0.29, 0.717) is 43.1 Å². The number of nitrogens with one attached hydrogen (secondary N) is 2. The number of phenolic OH excluding ortho intramolecular Hbond substituents is 1. The Hall–Kier alpha value is -5.12. The van der Waals surface area contributed by atoms with E-state index in [-0.39, 0.29) is 49.4 Å². The number of aromatic hydroxyl groups is 1. The highest BCUT2D eigenvalue weighted by Crippen LogP contribution is 2.32. The Bertz CT molecular complexity index is 1940. The number of carbonyl (C=O) groups excluding carboxylic acids is 3. The quantitative estimate of drug-likeness (QED) is 0.161. The second-order valence-corrected chi connectivity index (χ2v) is 15.6. The normalized spacial score (nSPS) is 18.5. The number of benzene rings is 2. The molecular weight excluding hydrogens is 695 g/mol. The standard InChI is InChI=1S/C38H47N9O5S/c1-23-33(53-22-41-23)25-11-9-24(10-12-25)19-40-36(51)30-17-26(48)20-47(30)37(52)34(38(2,3)4)42-32(50)21-45-13-15-46(16-14-45)29-18-28(43-44-35(29)39)27-7-5-6-8-31(27)49/h5-12,18,22,26,30,34,48-49H,13-17,19-21H2,1-4H3,(H2,39,44)(H,40,51)(H,42,50)/t26-,30+,34-/m1/s1. The first kappa shape index (κ1) is 37.6. The Morgan fingerprint density at radius 2 is 1.75 bits per heavy atom. The van der Waals surface area contributed by atoms with E-state index in [0.717, 1.165) is 21.7 Å². The molecule has 280 valence electrons. The molecule has 14 nitrogen and oxygen atoms in total. The number of aliphatic hydroxyl groups is 1. The fourth-order valence-electron chi connectivity index (χ4n) is 6.80. The van der Waals surface area contributed by atoms with Crippen LogP contribution in [0.25, 0.3) is 21.7 Å². The molecule has 0 saturated carbocycles. The summed E-state index contributed by atoms with van der Waals surface area (Å²) in [6.45, 7) is 10.2. The summed E-state index contributed by atoms with van der Waals surface area (Å²) in [5.41, 5.74) is 12.0. The molecule has 6 rings (SSSR count). The van der Waals surface area contributed by atoms with E-state index >= 15 is 0 Å². The minimum absolute atomic E-state index is 0.00280. The van der Waals surface area contributed by atoms with Gasteiger partial charge in [0.1, 0.15) is 17.8 Å². The summed E-state index contributed by atoms with van der Waals surface area (Å²) in [4.78, 5) is 51.9. The summed E-state index contributed by atoms with van der Waals surface area (Å²) < 4.78 is 0. The molecule has 2 aromatic heterocycles. The molecule has 2 saturated heterocycles. The predicted octanol–water partition coefficient (Wildman–Crippen LogP) is 2.79. The zero-order valence-electron chi connectivity index (χ0n) is 30.5. The van der Waals surface area contributed by atoms with E-state index in [9.17, 15) is 24.6 Å². The van der Waals surface area contributed by atoms with Gasteiger partial charge in [-0.3, -0.25) is 19.3 Å². The summed E-state index contributed by atoms with van der Waals surface area (Å²) in [7, 11) is 0. The number of hydrogen-bond donors (Lipinski definition) is 5. The third-order valence-corrected chi connectivity index (χ3v) is 10.8. The van der Waals surface area contributed by atoms with Gasteiger partial charge in [-0.2, -0.15) is 0 Å². The van der Waals surface area contributed by atoms with Crippen molar-refractivity contribution in [2.24, 2.45) is 5.41 Å². The fourth-order valence-corrected chi connectivity index (χ4v) is 7.62. The molecule has 6 N–H and O–H groups in total. The predicted molar refractivity (Wildman–Crippen MR) is 204 cm³/mol. The third-order valence-electron chi connectivity index (χ3n) is 9.77. The molecule has 2 fully saturated rings. The van der Waals surface area contributed by atoms with Crippen molar-refractivity contribution in [3.8, 4) is 27.4 Å². The molecule has 0 unspecified atom stereocenters. The summed E-state index contributed by atoms with van der Waals surface area (Å²) in [5.74, 6) is -0.696. The number of hydrogen-bond acceptors (Lipinski definition) is 12. The summed E-state index contributed by atoms with van der Waals surface area (Å²) >= 11 is 1.58. The second kappa shape index (κ2) is 15.9. The maximum atomic E-state index is 14.1. The maximum absolute atomic E-state index is 14.1. The number of para-hydroxylation sites is 1. The lowest BCUT2D eigenvalue weighted by Gasteiger charge is -2.37. The molecule has 2 aliphatic heterocycles. The van der Waals surface area contributed by atoms with Crippen molar-refractivity contribution in [3.63, 3.8) is 0 Å². The Labute approximate surface area is 313 Å². The summed E-state index contributed by atoms with van der Waals surface area (Å²) in [6.07, 6.45) is -0.745. The summed E-state index contributed by atoms with van der Waals surface area (Å²) in [6, 6.07) is 14.8. The number of nitrogen functional groups attached to an aromatic ring is 1. The number of anilines is 2. The molecular formula is C38H47N9O5S. The topological polar surface area (TPSA) is 190 Å². The molecule has 15 heteroatoms. The number of β-amino-alcohol motifs (C(OH)–C–C–N with tert-alkyl or cyclic N) is 1. The van der Waals surface area contributed by atoms with Gasteiger partial charge >= 0.3 is 0 Å². The number of rotatable bonds is 10. The zero-order chi connectivity index (χ0) is 37.9. The van der Waals surface area contributed by atoms with Crippen LogP contribution < -0.4 is 21.3 Å². The van der Waals surface area contributed by atoms with Crippen molar-refractivity contribution >= 4 is 40.6 Å². The zero-order valence-corrected chi connectivity index (χ0v) is 31.3. The van der Waals surface area contributed by atoms with Crippen LogP contribution in [0.5, 0.6) is 5.75 Å². The number of aromatic nitrogens is 3. The van der Waals surface area contributed by atoms with Crippen LogP contribution in [0.1, 0.15) is 38.4 Å². The van der Waals surface area contributed by atoms with E-state index in [2.05, 4.69) is 30.7 Å². The lowest BCUT2D eigenvalue weighted by molar-refractivity contribution is -0.144. The molecule has 4 aromatic rings. The van der Waals surface area contributed by atoms with Gasteiger partial charge in [-0.05, 0) is 41.7 Å². The Morgan fingerprint density at radius 3 is 2.42 bits per heavy atom. The Morgan fingerprint density at radius 1 is 1.04 bits per heavy atom. The molecule has 0 spiro atoms. The first-order valence-electron chi connectivity index (χ1n) is 17.7. The monoisotopic (exact) mass is 741 g/mol. The molecule has 3 amide bonds. The van der Waals surface area contributed by atoms with Gasteiger partial charge in [-0.15, -0.1) is 21.5 Å². The van der Waals surface area contributed by atoms with E-state index in [1.807, 2.05) is 74.5 Å². The Balaban J connectivity index is 1.04. The van der Waals surface area contributed by atoms with Gasteiger partial charge in [0.05, 0.1) is 40.1 Å². The smallest absolute Gasteiger partial charge is 0.246 e. The van der Waals surface area contributed by atoms with Crippen molar-refractivity contribution in [1.29, 1.82) is 0 Å². The Kier molecular flexibility index (Phi) is 11.3. The molecule has 2 aromatic carbocycles. The van der Waals surface area contributed by atoms with Gasteiger partial charge in [0.2, 0.25) is 17.7 Å². The number of carbonyl (C=O) groups is 3. The van der Waals surface area contributed by atoms with Crippen LogP contribution in [0.15, 0.2) is 60.1 Å². The average Bonchev–Trinajstić information content (AvgIpc) is 3.75. The molecule has 2 aliphatic rings. The number of amides is 3. The molecule has 4 heterocycles. The van der Waals surface area contributed by atoms with Gasteiger partial charge < -0.3 is 36.4 Å². The minimum Gasteiger partial charge on any atom is -0.507 e. The van der Waals surface area contributed by atoms with Crippen LogP contribution in [0.2, 0.25) is 0 Å². The van der Waals surface area contributed by atoms with Gasteiger partial charge in [-0.1, -0.05) is 57.2 Å². The molecule has 3 atom stereocenters. The summed E-state index contributed by atoms with van der Waals surface area (Å²) in [5, 5.41) is 35.1. The van der Waals surface area contributed by atoms with Crippen LogP contribution in [-0.2, 0) is 20.9 Å². The van der Waals surface area contributed by atoms with Crippen LogP contribution in [0.4, 0.5) is 11.5 Å². The van der Waals surface area contributed by atoms with E-state index < -0.39 is 29.5 Å². The molecule has 0 radical (unpaired) electrons. The maximum Gasteiger partial charge on any atom is 0.246 e. The van der Waals surface area contributed by atoms with Crippen LogP contribution in [0.3, 0.4) is 0 Å². The SMILES string of the molecule is Cc1ncsc1-c1ccc(CNC(=O)[C@@H]2C[C@@H](O)CN2C(=O)[C@@H](NC(=O)CN2CCN(c3cc(-c4ccccc4O)nnc3N)CC2)C(C)(C)C)cc1. The highest BCUT2D eigenvalue weighted by atomic mass is 32.1. The molecule has 0 bridgehead atoms. The number of aliphatic hydroxyl groups excluding tert-OH is 1. The lowest BCUT2D eigenvalue weighted by atomic mass is 9.85. The largest absolute Gasteiger partial charge is 0.507 e. The number of thiazole rings is 1. The number of phenols is 1. The number of nitrogens with two attached hydrogens (primary N) is 1. The van der Waals surface area contributed by atoms with E-state index in [1.165, 1.54) is 4.90 Å². The van der Waals surface area contributed by atoms with Gasteiger partial charge in [0.25, 0.3) is 0 Å². The fraction of sp³-hybridized carbons (Fsp3) is 0.421. The van der Waals surface area contributed by atoms with Crippen molar-refractivity contribution < 1.29 is 24.6 Å². The molecule has 53 heavy (non-hydrogen) atoms. The van der Waals surface area contributed by atoms with Crippen molar-refractivity contribution in [3.05, 3.63) is 71.4 Å². The van der Waals surface area contributed by atoms with Gasteiger partial charge in [0.15, 0.2) is 5.82 Å². The number of aryl methyl sites for hydroxylation is 1. The van der Waals surface area contributed by atoms with Crippen LogP contribution >= 0.6 is 11.3 Å². The average molecular weight is 742 g/mol. The lowest BCUT2D eigenvalue weighted by Crippen LogP contribution is -2.59. The number of nitrogens with zero attached hydrogens (tertiary/aromatic N) is 6. The molecule has 0 aliphatic carbocycles. The van der Waals surface area contributed by atoms with Gasteiger partial charge in [-0.25, -0.2) is 4.98 Å². The number of likely N-dealkylation sites (tertiary alicyclic amines) is 1. The highest BCUT2D eigenvalue weighted by Gasteiger charge is 2.44. The highest BCUT2D eigenvalue weighted by molar-refractivity contribution is 7.13. The third kappa shape index (κ3) is 8.75. The van der Waals surface area contributed by atoms with Crippen LogP contribution in [-0.4, -0.2) is 110 Å². The van der Waals surface area contributed by atoms with Crippen molar-refractivity contribution in [2.75, 3.05) is 49.9 Å². The van der Waals surface area contributed by atoms with E-state index in [1.54, 1.807) is 29.5 Å². The number of piperazine rings is 1. The van der Waals surface area contributed by atoms with E-state index in [4.69, 9.17) is 5.73 Å². The first-order valence-corrected chi connectivity index (χ1v) is 18.6. The van der Waals surface area contributed by atoms with Gasteiger partial charge in [0, 0.05) is 51.3 Å². The first-order chi connectivity index (χ1) is 25.3. The minimum atomic E-state index is -0.921. The van der Waals surface area contributed by atoms with Crippen molar-refractivity contribution in [1.82, 2.24) is 35.6 Å². The van der Waals surface area contributed by atoms with Crippen molar-refractivity contribution in [2.45, 2.75) is 58.8 Å². The second-order valence-electron chi connectivity index (χ2n) is 14.7. The van der Waals surface area contributed by atoms with Crippen LogP contribution in [0, 0.1) is 12.3 Å².